The van der Waals surface area contributed by atoms with Crippen molar-refractivity contribution in [1.82, 2.24) is 9.97 Å². The smallest absolute Gasteiger partial charge is 0.160 e. The van der Waals surface area contributed by atoms with E-state index < -0.39 is 0 Å². The molecule has 0 unspecified atom stereocenters. The van der Waals surface area contributed by atoms with Crippen molar-refractivity contribution in [3.63, 3.8) is 0 Å². The molecule has 2 heterocycles. The van der Waals surface area contributed by atoms with Gasteiger partial charge in [-0.3, -0.25) is 0 Å². The van der Waals surface area contributed by atoms with Crippen LogP contribution in [0, 0.1) is 0 Å². The SMILES string of the molecule is c1ccc(-c2cccc(-c3cc(-c4cc(-c5ccc6ccccc6c5)cc(-c5ccc6sc7ccccc7c6c5)c4)nc(-c4ccccc4)n3)c2)cc1. The Hall–Kier alpha value is -6.68. The van der Waals surface area contributed by atoms with Gasteiger partial charge in [-0.1, -0.05) is 140 Å². The van der Waals surface area contributed by atoms with Gasteiger partial charge in [-0.25, -0.2) is 9.97 Å². The number of rotatable bonds is 6. The van der Waals surface area contributed by atoms with Crippen molar-refractivity contribution in [3.8, 4) is 67.3 Å². The minimum atomic E-state index is 0.701. The predicted octanol–water partition coefficient (Wildman–Crippen LogP) is 14.0. The quantitative estimate of drug-likeness (QED) is 0.173. The van der Waals surface area contributed by atoms with E-state index in [0.29, 0.717) is 5.82 Å². The Bertz CT molecular complexity index is 2950. The van der Waals surface area contributed by atoms with Crippen LogP contribution in [0.15, 0.2) is 194 Å². The molecule has 2 aromatic heterocycles. The lowest BCUT2D eigenvalue weighted by Crippen LogP contribution is -1.97. The summed E-state index contributed by atoms with van der Waals surface area (Å²) in [6.45, 7) is 0. The lowest BCUT2D eigenvalue weighted by atomic mass is 9.93. The fourth-order valence-corrected chi connectivity index (χ4v) is 8.42. The van der Waals surface area contributed by atoms with E-state index in [-0.39, 0.29) is 0 Å². The average molecular weight is 693 g/mol. The molecule has 0 N–H and O–H groups in total. The van der Waals surface area contributed by atoms with Crippen LogP contribution in [-0.4, -0.2) is 9.97 Å². The number of nitrogens with zero attached hydrogens (tertiary/aromatic N) is 2. The van der Waals surface area contributed by atoms with E-state index >= 15 is 0 Å². The number of benzene rings is 8. The molecule has 10 rings (SSSR count). The summed E-state index contributed by atoms with van der Waals surface area (Å²) >= 11 is 1.85. The molecule has 8 aromatic carbocycles. The monoisotopic (exact) mass is 692 g/mol. The zero-order valence-corrected chi connectivity index (χ0v) is 29.6. The third-order valence-corrected chi connectivity index (χ3v) is 11.2. The molecule has 3 heteroatoms. The van der Waals surface area contributed by atoms with Crippen molar-refractivity contribution < 1.29 is 0 Å². The average Bonchev–Trinajstić information content (AvgIpc) is 3.62. The molecule has 0 spiro atoms. The van der Waals surface area contributed by atoms with Crippen molar-refractivity contribution in [3.05, 3.63) is 194 Å². The fourth-order valence-electron chi connectivity index (χ4n) is 7.33. The number of hydrogen-bond acceptors (Lipinski definition) is 3. The Morgan fingerprint density at radius 1 is 0.283 bits per heavy atom. The van der Waals surface area contributed by atoms with Gasteiger partial charge in [0.05, 0.1) is 11.4 Å². The summed E-state index contributed by atoms with van der Waals surface area (Å²) in [7, 11) is 0. The molecule has 0 atom stereocenters. The number of fused-ring (bicyclic) bond motifs is 4. The van der Waals surface area contributed by atoms with E-state index in [9.17, 15) is 0 Å². The Kier molecular flexibility index (Phi) is 7.71. The van der Waals surface area contributed by atoms with E-state index in [2.05, 4.69) is 176 Å². The van der Waals surface area contributed by atoms with Crippen molar-refractivity contribution in [2.24, 2.45) is 0 Å². The summed E-state index contributed by atoms with van der Waals surface area (Å²) in [5, 5.41) is 5.03. The molecule has 0 radical (unpaired) electrons. The van der Waals surface area contributed by atoms with Crippen molar-refractivity contribution in [1.29, 1.82) is 0 Å². The van der Waals surface area contributed by atoms with Gasteiger partial charge in [0, 0.05) is 36.9 Å². The Morgan fingerprint density at radius 3 is 1.64 bits per heavy atom. The molecule has 0 saturated heterocycles. The third kappa shape index (κ3) is 5.97. The standard InChI is InChI=1S/C50H32N2S/c1-3-12-33(13-4-1)37-18-11-19-40(27-37)46-32-47(52-50(51-46)35-15-5-2-6-16-35)43-29-41(38-23-22-34-14-7-8-17-36(34)26-38)28-42(30-43)39-24-25-49-45(31-39)44-20-9-10-21-48(44)53-49/h1-32H. The fraction of sp³-hybridized carbons (Fsp3) is 0. The van der Waals surface area contributed by atoms with Crippen LogP contribution < -0.4 is 0 Å². The molecular formula is C50H32N2S. The molecule has 0 aliphatic heterocycles. The van der Waals surface area contributed by atoms with Crippen molar-refractivity contribution in [2.45, 2.75) is 0 Å². The zero-order chi connectivity index (χ0) is 35.1. The maximum Gasteiger partial charge on any atom is 0.160 e. The molecule has 53 heavy (non-hydrogen) atoms. The summed E-state index contributed by atoms with van der Waals surface area (Å²) in [5.74, 6) is 0.701. The second kappa shape index (κ2) is 13.1. The zero-order valence-electron chi connectivity index (χ0n) is 28.8. The maximum atomic E-state index is 5.27. The molecular weight excluding hydrogens is 661 g/mol. The van der Waals surface area contributed by atoms with Gasteiger partial charge in [0.2, 0.25) is 0 Å². The van der Waals surface area contributed by atoms with Gasteiger partial charge in [0.1, 0.15) is 0 Å². The summed E-state index contributed by atoms with van der Waals surface area (Å²) < 4.78 is 2.61. The van der Waals surface area contributed by atoms with E-state index in [1.54, 1.807) is 0 Å². The summed E-state index contributed by atoms with van der Waals surface area (Å²) in [6, 6.07) is 69.4. The molecule has 0 aliphatic carbocycles. The molecule has 10 aromatic rings. The number of aromatic nitrogens is 2. The normalized spacial score (nSPS) is 11.4. The minimum absolute atomic E-state index is 0.701. The Labute approximate surface area is 312 Å². The highest BCUT2D eigenvalue weighted by atomic mass is 32.1. The first-order valence-electron chi connectivity index (χ1n) is 17.9. The summed E-state index contributed by atoms with van der Waals surface area (Å²) in [5.41, 5.74) is 11.8. The van der Waals surface area contributed by atoms with Crippen LogP contribution >= 0.6 is 11.3 Å². The molecule has 0 amide bonds. The van der Waals surface area contributed by atoms with E-state index in [1.165, 1.54) is 47.6 Å². The molecule has 0 aliphatic rings. The largest absolute Gasteiger partial charge is 0.228 e. The van der Waals surface area contributed by atoms with E-state index in [1.807, 2.05) is 29.5 Å². The first kappa shape index (κ1) is 31.1. The third-order valence-electron chi connectivity index (χ3n) is 10.0. The highest BCUT2D eigenvalue weighted by Crippen LogP contribution is 2.39. The highest BCUT2D eigenvalue weighted by Gasteiger charge is 2.15. The first-order valence-corrected chi connectivity index (χ1v) is 18.7. The van der Waals surface area contributed by atoms with Gasteiger partial charge in [-0.05, 0) is 98.8 Å². The van der Waals surface area contributed by atoms with Gasteiger partial charge in [-0.15, -0.1) is 11.3 Å². The van der Waals surface area contributed by atoms with Crippen LogP contribution in [0.2, 0.25) is 0 Å². The molecule has 0 bridgehead atoms. The van der Waals surface area contributed by atoms with Gasteiger partial charge < -0.3 is 0 Å². The van der Waals surface area contributed by atoms with Crippen LogP contribution in [0.4, 0.5) is 0 Å². The van der Waals surface area contributed by atoms with Crippen molar-refractivity contribution in [2.75, 3.05) is 0 Å². The number of thiophene rings is 1. The highest BCUT2D eigenvalue weighted by molar-refractivity contribution is 7.25. The second-order valence-corrected chi connectivity index (χ2v) is 14.5. The lowest BCUT2D eigenvalue weighted by molar-refractivity contribution is 1.18. The predicted molar refractivity (Wildman–Crippen MR) is 225 cm³/mol. The van der Waals surface area contributed by atoms with Crippen LogP contribution in [-0.2, 0) is 0 Å². The molecule has 2 nitrogen and oxygen atoms in total. The lowest BCUT2D eigenvalue weighted by Gasteiger charge is -2.14. The molecule has 248 valence electrons. The molecule has 0 fully saturated rings. The first-order chi connectivity index (χ1) is 26.2. The van der Waals surface area contributed by atoms with E-state index in [4.69, 9.17) is 9.97 Å². The van der Waals surface area contributed by atoms with Crippen LogP contribution in [0.1, 0.15) is 0 Å². The molecule has 0 saturated carbocycles. The summed E-state index contributed by atoms with van der Waals surface area (Å²) in [4.78, 5) is 10.4. The van der Waals surface area contributed by atoms with Gasteiger partial charge in [0.15, 0.2) is 5.82 Å². The number of hydrogen-bond donors (Lipinski definition) is 0. The van der Waals surface area contributed by atoms with E-state index in [0.717, 1.165) is 44.8 Å². The second-order valence-electron chi connectivity index (χ2n) is 13.4. The Morgan fingerprint density at radius 2 is 0.830 bits per heavy atom. The summed E-state index contributed by atoms with van der Waals surface area (Å²) in [6.07, 6.45) is 0. The van der Waals surface area contributed by atoms with Gasteiger partial charge in [0.25, 0.3) is 0 Å². The Balaban J connectivity index is 1.19. The van der Waals surface area contributed by atoms with Crippen LogP contribution in [0.25, 0.3) is 98.2 Å². The van der Waals surface area contributed by atoms with Crippen LogP contribution in [0.3, 0.4) is 0 Å². The van der Waals surface area contributed by atoms with Crippen molar-refractivity contribution >= 4 is 42.3 Å². The van der Waals surface area contributed by atoms with Gasteiger partial charge >= 0.3 is 0 Å². The minimum Gasteiger partial charge on any atom is -0.228 e. The maximum absolute atomic E-state index is 5.27. The van der Waals surface area contributed by atoms with Gasteiger partial charge in [-0.2, -0.15) is 0 Å². The van der Waals surface area contributed by atoms with Crippen LogP contribution in [0.5, 0.6) is 0 Å². The topological polar surface area (TPSA) is 25.8 Å².